The topological polar surface area (TPSA) is 95.7 Å². The van der Waals surface area contributed by atoms with Crippen molar-refractivity contribution in [2.24, 2.45) is 5.92 Å². The summed E-state index contributed by atoms with van der Waals surface area (Å²) >= 11 is 8.08. The van der Waals surface area contributed by atoms with Crippen LogP contribution in [0.5, 0.6) is 0 Å². The standard InChI is InChI=1S/C23H24ClN7O2S/c1-29(2)19(32)11-30(3)23(33)13-4-5-15-18(8-13)34-22-20(15)21(25-12-26-22)28-17-9-14-6-7-27-31(14)10-16(17)24/h6-7,9-10,12-13H,4-5,8,11H2,1-3H3,(H,25,26,28)/t13-/m0/s1. The van der Waals surface area contributed by atoms with Gasteiger partial charge in [0, 0.05) is 44.3 Å². The lowest BCUT2D eigenvalue weighted by atomic mass is 9.87. The van der Waals surface area contributed by atoms with Crippen LogP contribution in [0.2, 0.25) is 5.02 Å². The van der Waals surface area contributed by atoms with Gasteiger partial charge >= 0.3 is 0 Å². The van der Waals surface area contributed by atoms with Crippen LogP contribution in [0.25, 0.3) is 15.7 Å². The van der Waals surface area contributed by atoms with Crippen LogP contribution < -0.4 is 5.32 Å². The molecule has 34 heavy (non-hydrogen) atoms. The molecule has 4 heterocycles. The molecule has 5 rings (SSSR count). The molecule has 2 amide bonds. The lowest BCUT2D eigenvalue weighted by Gasteiger charge is -2.27. The molecule has 0 radical (unpaired) electrons. The van der Waals surface area contributed by atoms with Crippen molar-refractivity contribution in [1.82, 2.24) is 29.4 Å². The van der Waals surface area contributed by atoms with Crippen molar-refractivity contribution in [2.45, 2.75) is 19.3 Å². The Bertz CT molecular complexity index is 1410. The summed E-state index contributed by atoms with van der Waals surface area (Å²) in [5.41, 5.74) is 2.84. The molecule has 4 aromatic rings. The molecular formula is C23H24ClN7O2S. The molecule has 1 aliphatic rings. The molecule has 0 fully saturated rings. The Hall–Kier alpha value is -3.24. The number of halogens is 1. The highest BCUT2D eigenvalue weighted by Gasteiger charge is 2.31. The van der Waals surface area contributed by atoms with Gasteiger partial charge in [0.25, 0.3) is 0 Å². The highest BCUT2D eigenvalue weighted by molar-refractivity contribution is 7.19. The van der Waals surface area contributed by atoms with Gasteiger partial charge in [0.05, 0.1) is 28.2 Å². The molecule has 0 saturated carbocycles. The first-order valence-electron chi connectivity index (χ1n) is 10.9. The Balaban J connectivity index is 1.41. The monoisotopic (exact) mass is 497 g/mol. The van der Waals surface area contributed by atoms with Gasteiger partial charge in [0.15, 0.2) is 0 Å². The molecule has 0 aliphatic heterocycles. The second-order valence-corrected chi connectivity index (χ2v) is 10.2. The van der Waals surface area contributed by atoms with Gasteiger partial charge in [-0.05, 0) is 37.0 Å². The van der Waals surface area contributed by atoms with Gasteiger partial charge < -0.3 is 15.1 Å². The Morgan fingerprint density at radius 3 is 2.91 bits per heavy atom. The van der Waals surface area contributed by atoms with E-state index in [-0.39, 0.29) is 24.3 Å². The number of likely N-dealkylation sites (N-methyl/N-ethyl adjacent to an activating group) is 2. The number of amides is 2. The average Bonchev–Trinajstić information content (AvgIpc) is 3.42. The first kappa shape index (κ1) is 22.5. The van der Waals surface area contributed by atoms with E-state index in [4.69, 9.17) is 11.6 Å². The third-order valence-electron chi connectivity index (χ3n) is 6.18. The number of aryl methyl sites for hydroxylation is 1. The van der Waals surface area contributed by atoms with Gasteiger partial charge in [-0.1, -0.05) is 11.6 Å². The molecule has 4 aromatic heterocycles. The van der Waals surface area contributed by atoms with E-state index in [1.165, 1.54) is 15.4 Å². The van der Waals surface area contributed by atoms with Crippen LogP contribution in [0.1, 0.15) is 16.9 Å². The number of anilines is 2. The number of fused-ring (bicyclic) bond motifs is 4. The van der Waals surface area contributed by atoms with Crippen molar-refractivity contribution in [2.75, 3.05) is 33.0 Å². The summed E-state index contributed by atoms with van der Waals surface area (Å²) in [7, 11) is 5.08. The SMILES string of the molecule is CN(C)C(=O)CN(C)C(=O)[C@H]1CCc2c(sc3ncnc(Nc4cc5ccnn5cc4Cl)c23)C1. The van der Waals surface area contributed by atoms with Crippen LogP contribution in [0.3, 0.4) is 0 Å². The van der Waals surface area contributed by atoms with Crippen LogP contribution in [0.15, 0.2) is 30.9 Å². The Morgan fingerprint density at radius 2 is 2.12 bits per heavy atom. The van der Waals surface area contributed by atoms with Crippen molar-refractivity contribution in [3.8, 4) is 0 Å². The van der Waals surface area contributed by atoms with E-state index in [2.05, 4.69) is 20.4 Å². The van der Waals surface area contributed by atoms with E-state index in [1.807, 2.05) is 12.1 Å². The number of carbonyl (C=O) groups is 2. The van der Waals surface area contributed by atoms with Crippen LogP contribution in [0.4, 0.5) is 11.5 Å². The van der Waals surface area contributed by atoms with Crippen LogP contribution in [-0.2, 0) is 22.4 Å². The van der Waals surface area contributed by atoms with Crippen molar-refractivity contribution >= 4 is 62.0 Å². The van der Waals surface area contributed by atoms with E-state index < -0.39 is 0 Å². The zero-order valence-corrected chi connectivity index (χ0v) is 20.7. The number of hydrogen-bond donors (Lipinski definition) is 1. The molecule has 11 heteroatoms. The summed E-state index contributed by atoms with van der Waals surface area (Å²) in [4.78, 5) is 39.1. The van der Waals surface area contributed by atoms with Gasteiger partial charge in [-0.2, -0.15) is 5.10 Å². The highest BCUT2D eigenvalue weighted by Crippen LogP contribution is 2.41. The quantitative estimate of drug-likeness (QED) is 0.454. The maximum atomic E-state index is 13.0. The first-order chi connectivity index (χ1) is 16.3. The number of nitrogens with zero attached hydrogens (tertiary/aromatic N) is 6. The van der Waals surface area contributed by atoms with E-state index in [0.717, 1.165) is 39.1 Å². The molecular weight excluding hydrogens is 474 g/mol. The molecule has 176 valence electrons. The van der Waals surface area contributed by atoms with Gasteiger partial charge in [0.2, 0.25) is 11.8 Å². The fourth-order valence-electron chi connectivity index (χ4n) is 4.31. The molecule has 0 saturated heterocycles. The van der Waals surface area contributed by atoms with Crippen molar-refractivity contribution < 1.29 is 9.59 Å². The molecule has 0 spiro atoms. The minimum atomic E-state index is -0.149. The molecule has 9 nitrogen and oxygen atoms in total. The zero-order chi connectivity index (χ0) is 24.0. The fourth-order valence-corrected chi connectivity index (χ4v) is 5.77. The fraction of sp³-hybridized carbons (Fsp3) is 0.348. The molecule has 1 aliphatic carbocycles. The predicted octanol–water partition coefficient (Wildman–Crippen LogP) is 3.39. The lowest BCUT2D eigenvalue weighted by molar-refractivity contribution is -0.140. The van der Waals surface area contributed by atoms with Crippen molar-refractivity contribution in [3.05, 3.63) is 46.3 Å². The Morgan fingerprint density at radius 1 is 1.29 bits per heavy atom. The second kappa shape index (κ2) is 8.84. The highest BCUT2D eigenvalue weighted by atomic mass is 35.5. The minimum Gasteiger partial charge on any atom is -0.347 e. The summed E-state index contributed by atoms with van der Waals surface area (Å²) in [6, 6.07) is 3.84. The number of rotatable bonds is 5. The number of thiophene rings is 1. The molecule has 0 bridgehead atoms. The van der Waals surface area contributed by atoms with Crippen molar-refractivity contribution in [3.63, 3.8) is 0 Å². The maximum absolute atomic E-state index is 13.0. The molecule has 1 N–H and O–H groups in total. The smallest absolute Gasteiger partial charge is 0.241 e. The number of pyridine rings is 1. The number of carbonyl (C=O) groups excluding carboxylic acids is 2. The third-order valence-corrected chi connectivity index (χ3v) is 7.64. The number of hydrogen-bond acceptors (Lipinski definition) is 7. The second-order valence-electron chi connectivity index (χ2n) is 8.69. The summed E-state index contributed by atoms with van der Waals surface area (Å²) in [5, 5.41) is 9.11. The maximum Gasteiger partial charge on any atom is 0.241 e. The predicted molar refractivity (Wildman–Crippen MR) is 133 cm³/mol. The van der Waals surface area contributed by atoms with E-state index >= 15 is 0 Å². The van der Waals surface area contributed by atoms with Gasteiger partial charge in [0.1, 0.15) is 17.0 Å². The molecule has 0 aromatic carbocycles. The van der Waals surface area contributed by atoms with Gasteiger partial charge in [-0.25, -0.2) is 14.5 Å². The van der Waals surface area contributed by atoms with Crippen LogP contribution >= 0.6 is 22.9 Å². The van der Waals surface area contributed by atoms with Crippen LogP contribution in [0, 0.1) is 5.92 Å². The summed E-state index contributed by atoms with van der Waals surface area (Å²) in [5.74, 6) is 0.465. The Kier molecular flexibility index (Phi) is 5.86. The van der Waals surface area contributed by atoms with Crippen LogP contribution in [-0.4, -0.2) is 68.9 Å². The third kappa shape index (κ3) is 4.07. The van der Waals surface area contributed by atoms with Gasteiger partial charge in [-0.3, -0.25) is 9.59 Å². The number of nitrogens with one attached hydrogen (secondary N) is 1. The summed E-state index contributed by atoms with van der Waals surface area (Å²) < 4.78 is 1.72. The first-order valence-corrected chi connectivity index (χ1v) is 12.1. The molecule has 1 atom stereocenters. The largest absolute Gasteiger partial charge is 0.347 e. The summed E-state index contributed by atoms with van der Waals surface area (Å²) in [6.07, 6.45) is 7.13. The summed E-state index contributed by atoms with van der Waals surface area (Å²) in [6.45, 7) is 0.0867. The van der Waals surface area contributed by atoms with E-state index in [1.54, 1.807) is 55.7 Å². The zero-order valence-electron chi connectivity index (χ0n) is 19.1. The normalized spacial score (nSPS) is 15.4. The average molecular weight is 498 g/mol. The van der Waals surface area contributed by atoms with E-state index in [9.17, 15) is 9.59 Å². The molecule has 0 unspecified atom stereocenters. The minimum absolute atomic E-state index is 0.00336. The van der Waals surface area contributed by atoms with Crippen molar-refractivity contribution in [1.29, 1.82) is 0 Å². The lowest BCUT2D eigenvalue weighted by Crippen LogP contribution is -2.41. The van der Waals surface area contributed by atoms with E-state index in [0.29, 0.717) is 17.3 Å². The Labute approximate surface area is 205 Å². The van der Waals surface area contributed by atoms with Gasteiger partial charge in [-0.15, -0.1) is 11.3 Å². The number of aromatic nitrogens is 4.